The highest BCUT2D eigenvalue weighted by molar-refractivity contribution is 5.87. The van der Waals surface area contributed by atoms with E-state index in [1.54, 1.807) is 0 Å². The zero-order chi connectivity index (χ0) is 15.6. The van der Waals surface area contributed by atoms with Crippen LogP contribution in [0.4, 0.5) is 0 Å². The van der Waals surface area contributed by atoms with Gasteiger partial charge >= 0.3 is 0 Å². The first-order valence-corrected chi connectivity index (χ1v) is 8.86. The minimum absolute atomic E-state index is 0. The third-order valence-electron chi connectivity index (χ3n) is 6.04. The first kappa shape index (κ1) is 18.5. The van der Waals surface area contributed by atoms with Crippen LogP contribution in [0.5, 0.6) is 0 Å². The second-order valence-electron chi connectivity index (χ2n) is 7.38. The van der Waals surface area contributed by atoms with E-state index in [0.29, 0.717) is 6.04 Å². The van der Waals surface area contributed by atoms with Gasteiger partial charge in [-0.1, -0.05) is 19.3 Å². The maximum Gasteiger partial charge on any atom is 0.241 e. The van der Waals surface area contributed by atoms with Gasteiger partial charge in [0.2, 0.25) is 11.8 Å². The molecule has 3 aliphatic rings. The molecule has 3 rings (SSSR count). The standard InChI is InChI=1S/C17H29N3O2.ClH/c1-20(13-5-3-2-4-6-13)15(21)12-19-16(22)14-11-17(14)7-9-18-10-8-17;/h13-14,18H,2-12H2,1H3,(H,19,22);1H. The fourth-order valence-electron chi connectivity index (χ4n) is 4.28. The van der Waals surface area contributed by atoms with Gasteiger partial charge < -0.3 is 15.5 Å². The fourth-order valence-corrected chi connectivity index (χ4v) is 4.28. The molecule has 2 saturated carbocycles. The van der Waals surface area contributed by atoms with Gasteiger partial charge in [-0.2, -0.15) is 0 Å². The van der Waals surface area contributed by atoms with Gasteiger partial charge in [0.15, 0.2) is 0 Å². The number of carbonyl (C=O) groups excluding carboxylic acids is 2. The van der Waals surface area contributed by atoms with E-state index in [4.69, 9.17) is 0 Å². The van der Waals surface area contributed by atoms with Gasteiger partial charge in [-0.15, -0.1) is 12.4 Å². The molecule has 6 heteroatoms. The second kappa shape index (κ2) is 7.84. The molecular weight excluding hydrogens is 314 g/mol. The predicted molar refractivity (Wildman–Crippen MR) is 92.5 cm³/mol. The van der Waals surface area contributed by atoms with Crippen molar-refractivity contribution in [3.05, 3.63) is 0 Å². The van der Waals surface area contributed by atoms with Crippen molar-refractivity contribution in [3.63, 3.8) is 0 Å². The van der Waals surface area contributed by atoms with Crippen molar-refractivity contribution in [2.75, 3.05) is 26.7 Å². The van der Waals surface area contributed by atoms with E-state index < -0.39 is 0 Å². The molecule has 2 N–H and O–H groups in total. The van der Waals surface area contributed by atoms with Crippen molar-refractivity contribution in [2.24, 2.45) is 11.3 Å². The molecule has 1 atom stereocenters. The van der Waals surface area contributed by atoms with Crippen molar-refractivity contribution < 1.29 is 9.59 Å². The SMILES string of the molecule is CN(C(=O)CNC(=O)C1CC12CCNCC2)C1CCCCC1.Cl. The maximum absolute atomic E-state index is 12.3. The van der Waals surface area contributed by atoms with Gasteiger partial charge in [0.05, 0.1) is 6.54 Å². The summed E-state index contributed by atoms with van der Waals surface area (Å²) >= 11 is 0. The zero-order valence-corrected chi connectivity index (χ0v) is 14.9. The highest BCUT2D eigenvalue weighted by Crippen LogP contribution is 2.58. The minimum atomic E-state index is 0. The number of amides is 2. The number of nitrogens with one attached hydrogen (secondary N) is 2. The molecule has 2 aliphatic carbocycles. The van der Waals surface area contributed by atoms with E-state index in [1.807, 2.05) is 11.9 Å². The van der Waals surface area contributed by atoms with E-state index in [-0.39, 0.29) is 42.1 Å². The molecule has 132 valence electrons. The Morgan fingerprint density at radius 2 is 1.83 bits per heavy atom. The Balaban J connectivity index is 0.00000192. The topological polar surface area (TPSA) is 61.4 Å². The summed E-state index contributed by atoms with van der Waals surface area (Å²) in [6, 6.07) is 0.370. The van der Waals surface area contributed by atoms with Gasteiger partial charge in [-0.05, 0) is 50.6 Å². The lowest BCUT2D eigenvalue weighted by molar-refractivity contribution is -0.134. The lowest BCUT2D eigenvalue weighted by atomic mass is 9.92. The number of rotatable bonds is 4. The van der Waals surface area contributed by atoms with Gasteiger partial charge in [0.25, 0.3) is 0 Å². The first-order valence-electron chi connectivity index (χ1n) is 8.86. The maximum atomic E-state index is 12.3. The molecule has 0 bridgehead atoms. The van der Waals surface area contributed by atoms with Crippen LogP contribution in [-0.4, -0.2) is 49.4 Å². The Hall–Kier alpha value is -0.810. The van der Waals surface area contributed by atoms with Gasteiger partial charge in [0, 0.05) is 19.0 Å². The van der Waals surface area contributed by atoms with Crippen LogP contribution in [0.2, 0.25) is 0 Å². The van der Waals surface area contributed by atoms with Gasteiger partial charge in [-0.25, -0.2) is 0 Å². The lowest BCUT2D eigenvalue weighted by Crippen LogP contribution is -2.44. The summed E-state index contributed by atoms with van der Waals surface area (Å²) in [5.74, 6) is 0.287. The molecule has 1 spiro atoms. The van der Waals surface area contributed by atoms with Crippen molar-refractivity contribution in [2.45, 2.75) is 57.4 Å². The Morgan fingerprint density at radius 1 is 1.17 bits per heavy atom. The summed E-state index contributed by atoms with van der Waals surface area (Å²) in [5.41, 5.74) is 0.244. The highest BCUT2D eigenvalue weighted by Gasteiger charge is 2.57. The number of hydrogen-bond donors (Lipinski definition) is 2. The molecule has 0 aromatic heterocycles. The molecule has 2 amide bonds. The third-order valence-corrected chi connectivity index (χ3v) is 6.04. The van der Waals surface area contributed by atoms with Gasteiger partial charge in [-0.3, -0.25) is 9.59 Å². The molecule has 1 heterocycles. The summed E-state index contributed by atoms with van der Waals surface area (Å²) in [6.07, 6.45) is 9.13. The van der Waals surface area contributed by atoms with Crippen LogP contribution in [0.15, 0.2) is 0 Å². The monoisotopic (exact) mass is 343 g/mol. The number of halogens is 1. The van der Waals surface area contributed by atoms with E-state index in [9.17, 15) is 9.59 Å². The summed E-state index contributed by atoms with van der Waals surface area (Å²) in [4.78, 5) is 26.4. The number of piperidine rings is 1. The molecule has 1 aliphatic heterocycles. The predicted octanol–water partition coefficient (Wildman–Crippen LogP) is 1.71. The average molecular weight is 344 g/mol. The normalized spacial score (nSPS) is 26.2. The molecule has 0 radical (unpaired) electrons. The average Bonchev–Trinajstić information content (AvgIpc) is 3.26. The molecule has 23 heavy (non-hydrogen) atoms. The number of nitrogens with zero attached hydrogens (tertiary/aromatic N) is 1. The van der Waals surface area contributed by atoms with E-state index in [1.165, 1.54) is 19.3 Å². The molecule has 1 unspecified atom stereocenters. The molecule has 0 aromatic rings. The molecular formula is C17H30ClN3O2. The number of hydrogen-bond acceptors (Lipinski definition) is 3. The summed E-state index contributed by atoms with van der Waals surface area (Å²) in [5, 5.41) is 6.23. The van der Waals surface area contributed by atoms with Crippen molar-refractivity contribution in [3.8, 4) is 0 Å². The van der Waals surface area contributed by atoms with Crippen LogP contribution in [0.3, 0.4) is 0 Å². The van der Waals surface area contributed by atoms with Crippen molar-refractivity contribution in [1.82, 2.24) is 15.5 Å². The van der Waals surface area contributed by atoms with Crippen molar-refractivity contribution in [1.29, 1.82) is 0 Å². The second-order valence-corrected chi connectivity index (χ2v) is 7.38. The van der Waals surface area contributed by atoms with E-state index in [0.717, 1.165) is 45.2 Å². The molecule has 5 nitrogen and oxygen atoms in total. The number of likely N-dealkylation sites (N-methyl/N-ethyl adjacent to an activating group) is 1. The third kappa shape index (κ3) is 4.18. The van der Waals surface area contributed by atoms with Crippen molar-refractivity contribution >= 4 is 24.2 Å². The number of carbonyl (C=O) groups is 2. The summed E-state index contributed by atoms with van der Waals surface area (Å²) in [6.45, 7) is 2.21. The van der Waals surface area contributed by atoms with Crippen LogP contribution in [0.25, 0.3) is 0 Å². The smallest absolute Gasteiger partial charge is 0.241 e. The Labute approximate surface area is 145 Å². The summed E-state index contributed by atoms with van der Waals surface area (Å²) < 4.78 is 0. The van der Waals surface area contributed by atoms with Gasteiger partial charge in [0.1, 0.15) is 0 Å². The summed E-state index contributed by atoms with van der Waals surface area (Å²) in [7, 11) is 1.88. The van der Waals surface area contributed by atoms with E-state index >= 15 is 0 Å². The Kier molecular flexibility index (Phi) is 6.32. The van der Waals surface area contributed by atoms with Crippen LogP contribution in [0, 0.1) is 11.3 Å². The first-order chi connectivity index (χ1) is 10.6. The molecule has 1 saturated heterocycles. The molecule has 0 aromatic carbocycles. The van der Waals surface area contributed by atoms with E-state index in [2.05, 4.69) is 10.6 Å². The molecule has 3 fully saturated rings. The van der Waals surface area contributed by atoms with Crippen LogP contribution >= 0.6 is 12.4 Å². The zero-order valence-electron chi connectivity index (χ0n) is 14.1. The Bertz CT molecular complexity index is 418. The Morgan fingerprint density at radius 3 is 2.48 bits per heavy atom. The highest BCUT2D eigenvalue weighted by atomic mass is 35.5. The largest absolute Gasteiger partial charge is 0.347 e. The fraction of sp³-hybridized carbons (Fsp3) is 0.882. The quantitative estimate of drug-likeness (QED) is 0.816. The minimum Gasteiger partial charge on any atom is -0.347 e. The van der Waals surface area contributed by atoms with Crippen LogP contribution in [-0.2, 0) is 9.59 Å². The van der Waals surface area contributed by atoms with Crippen LogP contribution in [0.1, 0.15) is 51.4 Å². The lowest BCUT2D eigenvalue weighted by Gasteiger charge is -2.31. The van der Waals surface area contributed by atoms with Crippen LogP contribution < -0.4 is 10.6 Å².